The molecule has 3 rings (SSSR count). The first-order valence-electron chi connectivity index (χ1n) is 4.41. The Balaban J connectivity index is 2.27. The molecule has 0 saturated carbocycles. The van der Waals surface area contributed by atoms with Gasteiger partial charge in [0.15, 0.2) is 5.76 Å². The second kappa shape index (κ2) is 2.45. The third-order valence-electron chi connectivity index (χ3n) is 2.48. The molecule has 4 nitrogen and oxygen atoms in total. The number of rotatable bonds is 0. The predicted molar refractivity (Wildman–Crippen MR) is 46.1 cm³/mol. The molecular weight excluding hydrogens is 166 g/mol. The van der Waals surface area contributed by atoms with E-state index in [4.69, 9.17) is 4.52 Å². The molecule has 2 aromatic rings. The van der Waals surface area contributed by atoms with Gasteiger partial charge in [0.2, 0.25) is 0 Å². The Bertz CT molecular complexity index is 389. The summed E-state index contributed by atoms with van der Waals surface area (Å²) in [5.74, 6) is 0.890. The van der Waals surface area contributed by atoms with Gasteiger partial charge in [0.25, 0.3) is 0 Å². The second-order valence-corrected chi connectivity index (χ2v) is 3.30. The number of nitrogens with one attached hydrogen (secondary N) is 1. The smallest absolute Gasteiger partial charge is 0.173 e. The van der Waals surface area contributed by atoms with Crippen molar-refractivity contribution in [3.63, 3.8) is 0 Å². The van der Waals surface area contributed by atoms with Crippen molar-refractivity contribution < 1.29 is 4.52 Å². The maximum atomic E-state index is 5.21. The first-order valence-corrected chi connectivity index (χ1v) is 4.41. The summed E-state index contributed by atoms with van der Waals surface area (Å²) in [6.07, 6.45) is 6.83. The minimum absolute atomic E-state index is 0.890. The van der Waals surface area contributed by atoms with Crippen molar-refractivity contribution in [1.29, 1.82) is 0 Å². The van der Waals surface area contributed by atoms with E-state index < -0.39 is 0 Å². The van der Waals surface area contributed by atoms with Gasteiger partial charge in [-0.1, -0.05) is 5.16 Å². The van der Waals surface area contributed by atoms with Crippen LogP contribution in [0.4, 0.5) is 0 Å². The average Bonchev–Trinajstić information content (AvgIpc) is 2.72. The van der Waals surface area contributed by atoms with Crippen LogP contribution in [0.3, 0.4) is 0 Å². The Morgan fingerprint density at radius 3 is 3.31 bits per heavy atom. The number of hydrogen-bond acceptors (Lipinski definition) is 3. The quantitative estimate of drug-likeness (QED) is 0.661. The fourth-order valence-electron chi connectivity index (χ4n) is 1.81. The zero-order valence-electron chi connectivity index (χ0n) is 7.08. The first kappa shape index (κ1) is 6.88. The summed E-state index contributed by atoms with van der Waals surface area (Å²) in [5.41, 5.74) is 3.43. The molecule has 0 spiro atoms. The number of fused-ring (bicyclic) bond motifs is 3. The predicted octanol–water partition coefficient (Wildman–Crippen LogP) is 1.55. The van der Waals surface area contributed by atoms with Crippen LogP contribution in [-0.2, 0) is 12.8 Å². The molecule has 13 heavy (non-hydrogen) atoms. The zero-order chi connectivity index (χ0) is 8.67. The van der Waals surface area contributed by atoms with Gasteiger partial charge in [0, 0.05) is 11.3 Å². The molecule has 1 aliphatic carbocycles. The van der Waals surface area contributed by atoms with Crippen molar-refractivity contribution in [2.24, 2.45) is 0 Å². The monoisotopic (exact) mass is 175 g/mol. The molecule has 0 fully saturated rings. The van der Waals surface area contributed by atoms with Crippen LogP contribution in [0.2, 0.25) is 0 Å². The van der Waals surface area contributed by atoms with E-state index in [1.54, 1.807) is 6.20 Å². The summed E-state index contributed by atoms with van der Waals surface area (Å²) in [5, 5.41) is 10.8. The summed E-state index contributed by atoms with van der Waals surface area (Å²) in [4.78, 5) is 0. The molecule has 0 unspecified atom stereocenters. The highest BCUT2D eigenvalue weighted by Crippen LogP contribution is 2.30. The topological polar surface area (TPSA) is 54.7 Å². The van der Waals surface area contributed by atoms with E-state index in [9.17, 15) is 0 Å². The lowest BCUT2D eigenvalue weighted by Gasteiger charge is -1.92. The number of H-pyrrole nitrogens is 1. The first-order chi connectivity index (χ1) is 6.45. The molecule has 1 aliphatic rings. The van der Waals surface area contributed by atoms with E-state index in [1.807, 2.05) is 6.20 Å². The van der Waals surface area contributed by atoms with Crippen molar-refractivity contribution in [3.05, 3.63) is 23.7 Å². The van der Waals surface area contributed by atoms with Crippen LogP contribution in [0.25, 0.3) is 11.3 Å². The SMILES string of the molecule is c1noc2c1CCCc1[nH]ncc1-2. The highest BCUT2D eigenvalue weighted by molar-refractivity contribution is 5.63. The van der Waals surface area contributed by atoms with Gasteiger partial charge in [-0.15, -0.1) is 0 Å². The normalized spacial score (nSPS) is 14.8. The van der Waals surface area contributed by atoms with Gasteiger partial charge < -0.3 is 4.52 Å². The number of hydrogen-bond donors (Lipinski definition) is 1. The molecule has 2 aromatic heterocycles. The Hall–Kier alpha value is -1.58. The lowest BCUT2D eigenvalue weighted by molar-refractivity contribution is 0.431. The van der Waals surface area contributed by atoms with E-state index in [0.29, 0.717) is 0 Å². The van der Waals surface area contributed by atoms with Crippen LogP contribution in [0, 0.1) is 0 Å². The van der Waals surface area contributed by atoms with Crippen molar-refractivity contribution in [3.8, 4) is 11.3 Å². The van der Waals surface area contributed by atoms with Gasteiger partial charge >= 0.3 is 0 Å². The van der Waals surface area contributed by atoms with Crippen LogP contribution >= 0.6 is 0 Å². The Morgan fingerprint density at radius 1 is 1.31 bits per heavy atom. The molecule has 0 radical (unpaired) electrons. The molecule has 0 atom stereocenters. The number of nitrogens with zero attached hydrogens (tertiary/aromatic N) is 2. The number of aromatic nitrogens is 3. The molecule has 0 saturated heterocycles. The summed E-state index contributed by atoms with van der Waals surface area (Å²) < 4.78 is 5.21. The largest absolute Gasteiger partial charge is 0.356 e. The minimum Gasteiger partial charge on any atom is -0.356 e. The van der Waals surface area contributed by atoms with Crippen LogP contribution in [0.1, 0.15) is 17.7 Å². The molecule has 4 heteroatoms. The van der Waals surface area contributed by atoms with E-state index in [1.165, 1.54) is 5.56 Å². The van der Waals surface area contributed by atoms with Crippen molar-refractivity contribution in [1.82, 2.24) is 15.4 Å². The van der Waals surface area contributed by atoms with Gasteiger partial charge in [0.1, 0.15) is 0 Å². The van der Waals surface area contributed by atoms with Crippen molar-refractivity contribution in [2.75, 3.05) is 0 Å². The maximum absolute atomic E-state index is 5.21. The average molecular weight is 175 g/mol. The Labute approximate surface area is 74.9 Å². The van der Waals surface area contributed by atoms with Crippen molar-refractivity contribution in [2.45, 2.75) is 19.3 Å². The van der Waals surface area contributed by atoms with Crippen LogP contribution < -0.4 is 0 Å². The third kappa shape index (κ3) is 0.915. The maximum Gasteiger partial charge on any atom is 0.173 e. The van der Waals surface area contributed by atoms with Gasteiger partial charge in [-0.2, -0.15) is 5.10 Å². The van der Waals surface area contributed by atoms with E-state index in [2.05, 4.69) is 15.4 Å². The van der Waals surface area contributed by atoms with Crippen LogP contribution in [0.5, 0.6) is 0 Å². The molecule has 0 aromatic carbocycles. The second-order valence-electron chi connectivity index (χ2n) is 3.30. The molecule has 2 heterocycles. The molecule has 0 bridgehead atoms. The summed E-state index contributed by atoms with van der Waals surface area (Å²) in [7, 11) is 0. The minimum atomic E-state index is 0.890. The number of aromatic amines is 1. The molecule has 1 N–H and O–H groups in total. The Kier molecular flexibility index (Phi) is 1.30. The third-order valence-corrected chi connectivity index (χ3v) is 2.48. The van der Waals surface area contributed by atoms with E-state index in [0.717, 1.165) is 36.3 Å². The summed E-state index contributed by atoms with van der Waals surface area (Å²) in [6.45, 7) is 0. The van der Waals surface area contributed by atoms with Crippen molar-refractivity contribution >= 4 is 0 Å². The van der Waals surface area contributed by atoms with Crippen LogP contribution in [-0.4, -0.2) is 15.4 Å². The summed E-state index contributed by atoms with van der Waals surface area (Å²) >= 11 is 0. The van der Waals surface area contributed by atoms with Gasteiger partial charge in [-0.3, -0.25) is 5.10 Å². The summed E-state index contributed by atoms with van der Waals surface area (Å²) in [6, 6.07) is 0. The van der Waals surface area contributed by atoms with Gasteiger partial charge in [-0.05, 0) is 19.3 Å². The standard InChI is InChI=1S/C9H9N3O/c1-2-6-4-11-13-9(6)7-5-10-12-8(7)3-1/h4-5H,1-3H2,(H,10,12). The highest BCUT2D eigenvalue weighted by Gasteiger charge is 2.19. The molecule has 0 amide bonds. The van der Waals surface area contributed by atoms with Crippen LogP contribution in [0.15, 0.2) is 16.9 Å². The fraction of sp³-hybridized carbons (Fsp3) is 0.333. The lowest BCUT2D eigenvalue weighted by Crippen LogP contribution is -1.86. The van der Waals surface area contributed by atoms with Gasteiger partial charge in [0.05, 0.1) is 18.0 Å². The molecule has 66 valence electrons. The number of aryl methyl sites for hydroxylation is 2. The molecule has 0 aliphatic heterocycles. The van der Waals surface area contributed by atoms with E-state index in [-0.39, 0.29) is 0 Å². The van der Waals surface area contributed by atoms with Gasteiger partial charge in [-0.25, -0.2) is 0 Å². The Morgan fingerprint density at radius 2 is 2.31 bits per heavy atom. The zero-order valence-corrected chi connectivity index (χ0v) is 7.08. The lowest BCUT2D eigenvalue weighted by atomic mass is 10.1. The van der Waals surface area contributed by atoms with E-state index >= 15 is 0 Å². The fourth-order valence-corrected chi connectivity index (χ4v) is 1.81. The highest BCUT2D eigenvalue weighted by atomic mass is 16.5. The molecular formula is C9H9N3O.